The van der Waals surface area contributed by atoms with Crippen LogP contribution in [0.2, 0.25) is 0 Å². The lowest BCUT2D eigenvalue weighted by Gasteiger charge is -2.17. The minimum Gasteiger partial charge on any atom is -0.395 e. The third kappa shape index (κ3) is 7.54. The first kappa shape index (κ1) is 11.4. The first-order chi connectivity index (χ1) is 5.45. The second-order valence-electron chi connectivity index (χ2n) is 4.13. The van der Waals surface area contributed by atoms with Gasteiger partial charge in [-0.15, -0.1) is 0 Å². The van der Waals surface area contributed by atoms with Crippen molar-refractivity contribution in [2.24, 2.45) is 5.41 Å². The predicted molar refractivity (Wildman–Crippen MR) is 48.8 cm³/mol. The number of aliphatic hydroxyl groups excluding tert-OH is 1. The summed E-state index contributed by atoms with van der Waals surface area (Å²) in [6.07, 6.45) is 1.42. The van der Waals surface area contributed by atoms with Crippen LogP contribution in [0.15, 0.2) is 0 Å². The van der Waals surface area contributed by atoms with Gasteiger partial charge in [-0.3, -0.25) is 4.79 Å². The van der Waals surface area contributed by atoms with Gasteiger partial charge in [0.1, 0.15) is 0 Å². The van der Waals surface area contributed by atoms with Crippen molar-refractivity contribution < 1.29 is 9.90 Å². The van der Waals surface area contributed by atoms with Gasteiger partial charge in [-0.2, -0.15) is 0 Å². The molecule has 72 valence electrons. The van der Waals surface area contributed by atoms with Gasteiger partial charge < -0.3 is 10.4 Å². The molecule has 0 aromatic rings. The smallest absolute Gasteiger partial charge is 0.220 e. The molecule has 0 aliphatic heterocycles. The molecule has 1 amide bonds. The molecule has 0 heterocycles. The van der Waals surface area contributed by atoms with Crippen LogP contribution in [0.3, 0.4) is 0 Å². The van der Waals surface area contributed by atoms with Crippen molar-refractivity contribution in [2.45, 2.75) is 33.6 Å². The van der Waals surface area contributed by atoms with Crippen LogP contribution in [-0.4, -0.2) is 24.2 Å². The van der Waals surface area contributed by atoms with Crippen LogP contribution in [0.25, 0.3) is 0 Å². The molecule has 3 heteroatoms. The highest BCUT2D eigenvalue weighted by Crippen LogP contribution is 2.19. The Labute approximate surface area is 74.2 Å². The van der Waals surface area contributed by atoms with E-state index in [4.69, 9.17) is 5.11 Å². The summed E-state index contributed by atoms with van der Waals surface area (Å²) in [5, 5.41) is 11.0. The van der Waals surface area contributed by atoms with Gasteiger partial charge in [-0.1, -0.05) is 20.8 Å². The van der Waals surface area contributed by atoms with Crippen LogP contribution in [0.4, 0.5) is 0 Å². The Bertz CT molecular complexity index is 138. The van der Waals surface area contributed by atoms with Crippen LogP contribution in [0.5, 0.6) is 0 Å². The summed E-state index contributed by atoms with van der Waals surface area (Å²) in [5.41, 5.74) is 0.205. The molecule has 0 aliphatic carbocycles. The molecule has 0 aliphatic rings. The second kappa shape index (κ2) is 5.14. The van der Waals surface area contributed by atoms with E-state index in [1.54, 1.807) is 0 Å². The highest BCUT2D eigenvalue weighted by molar-refractivity contribution is 5.75. The standard InChI is InChI=1S/C9H19NO2/c1-9(2,3)5-4-8(12)10-6-7-11/h11H,4-7H2,1-3H3,(H,10,12). The van der Waals surface area contributed by atoms with E-state index in [1.807, 2.05) is 0 Å². The Kier molecular flexibility index (Phi) is 4.90. The second-order valence-corrected chi connectivity index (χ2v) is 4.13. The molecule has 0 saturated carbocycles. The van der Waals surface area contributed by atoms with Crippen molar-refractivity contribution in [3.05, 3.63) is 0 Å². The SMILES string of the molecule is CC(C)(C)CCC(=O)NCCO. The lowest BCUT2D eigenvalue weighted by molar-refractivity contribution is -0.121. The summed E-state index contributed by atoms with van der Waals surface area (Å²) in [6.45, 7) is 6.69. The van der Waals surface area contributed by atoms with Crippen molar-refractivity contribution in [3.8, 4) is 0 Å². The number of aliphatic hydroxyl groups is 1. The fraction of sp³-hybridized carbons (Fsp3) is 0.889. The average molecular weight is 173 g/mol. The Morgan fingerprint density at radius 1 is 1.42 bits per heavy atom. The van der Waals surface area contributed by atoms with Crippen molar-refractivity contribution in [2.75, 3.05) is 13.2 Å². The first-order valence-electron chi connectivity index (χ1n) is 4.33. The molecular weight excluding hydrogens is 154 g/mol. The lowest BCUT2D eigenvalue weighted by atomic mass is 9.90. The molecule has 0 spiro atoms. The first-order valence-corrected chi connectivity index (χ1v) is 4.33. The largest absolute Gasteiger partial charge is 0.395 e. The molecule has 0 aromatic carbocycles. The summed E-state index contributed by atoms with van der Waals surface area (Å²) < 4.78 is 0. The number of nitrogens with one attached hydrogen (secondary N) is 1. The van der Waals surface area contributed by atoms with E-state index < -0.39 is 0 Å². The predicted octanol–water partition coefficient (Wildman–Crippen LogP) is 0.921. The number of carbonyl (C=O) groups is 1. The molecule has 0 unspecified atom stereocenters. The number of rotatable bonds is 4. The maximum Gasteiger partial charge on any atom is 0.220 e. The van der Waals surface area contributed by atoms with Gasteiger partial charge >= 0.3 is 0 Å². The van der Waals surface area contributed by atoms with E-state index in [0.717, 1.165) is 6.42 Å². The number of carbonyl (C=O) groups excluding carboxylic acids is 1. The Balaban J connectivity index is 3.44. The molecule has 0 radical (unpaired) electrons. The number of hydrogen-bond donors (Lipinski definition) is 2. The average Bonchev–Trinajstić information content (AvgIpc) is 1.95. The molecule has 12 heavy (non-hydrogen) atoms. The van der Waals surface area contributed by atoms with E-state index in [9.17, 15) is 4.79 Å². The molecule has 2 N–H and O–H groups in total. The maximum absolute atomic E-state index is 11.0. The fourth-order valence-electron chi connectivity index (χ4n) is 0.772. The van der Waals surface area contributed by atoms with Gasteiger partial charge in [0, 0.05) is 13.0 Å². The Hall–Kier alpha value is -0.570. The maximum atomic E-state index is 11.0. The number of amides is 1. The van der Waals surface area contributed by atoms with E-state index >= 15 is 0 Å². The zero-order valence-corrected chi connectivity index (χ0v) is 8.18. The van der Waals surface area contributed by atoms with Crippen LogP contribution in [-0.2, 0) is 4.79 Å². The van der Waals surface area contributed by atoms with E-state index in [0.29, 0.717) is 13.0 Å². The third-order valence-corrected chi connectivity index (χ3v) is 1.54. The molecule has 0 saturated heterocycles. The zero-order chi connectivity index (χ0) is 9.61. The summed E-state index contributed by atoms with van der Waals surface area (Å²) in [6, 6.07) is 0. The quantitative estimate of drug-likeness (QED) is 0.664. The Morgan fingerprint density at radius 2 is 2.00 bits per heavy atom. The van der Waals surface area contributed by atoms with Crippen LogP contribution in [0, 0.1) is 5.41 Å². The summed E-state index contributed by atoms with van der Waals surface area (Å²) >= 11 is 0. The molecule has 0 aromatic heterocycles. The Morgan fingerprint density at radius 3 is 2.42 bits per heavy atom. The van der Waals surface area contributed by atoms with E-state index in [-0.39, 0.29) is 17.9 Å². The van der Waals surface area contributed by atoms with Crippen molar-refractivity contribution in [1.82, 2.24) is 5.32 Å². The van der Waals surface area contributed by atoms with Gasteiger partial charge in [-0.25, -0.2) is 0 Å². The molecule has 0 fully saturated rings. The minimum atomic E-state index is 0.0151. The zero-order valence-electron chi connectivity index (χ0n) is 8.18. The van der Waals surface area contributed by atoms with Gasteiger partial charge in [-0.05, 0) is 11.8 Å². The van der Waals surface area contributed by atoms with Gasteiger partial charge in [0.2, 0.25) is 5.91 Å². The summed E-state index contributed by atoms with van der Waals surface area (Å²) in [5.74, 6) is 0.0268. The monoisotopic (exact) mass is 173 g/mol. The van der Waals surface area contributed by atoms with Gasteiger partial charge in [0.25, 0.3) is 0 Å². The van der Waals surface area contributed by atoms with E-state index in [2.05, 4.69) is 26.1 Å². The highest BCUT2D eigenvalue weighted by atomic mass is 16.3. The van der Waals surface area contributed by atoms with Crippen molar-refractivity contribution in [3.63, 3.8) is 0 Å². The normalized spacial score (nSPS) is 11.3. The minimum absolute atomic E-state index is 0.0151. The van der Waals surface area contributed by atoms with Crippen molar-refractivity contribution >= 4 is 5.91 Å². The van der Waals surface area contributed by atoms with Crippen molar-refractivity contribution in [1.29, 1.82) is 0 Å². The van der Waals surface area contributed by atoms with Crippen LogP contribution < -0.4 is 5.32 Å². The molecule has 0 bridgehead atoms. The van der Waals surface area contributed by atoms with Gasteiger partial charge in [0.05, 0.1) is 6.61 Å². The molecule has 0 rings (SSSR count). The molecule has 3 nitrogen and oxygen atoms in total. The molecular formula is C9H19NO2. The van der Waals surface area contributed by atoms with Crippen LogP contribution in [0.1, 0.15) is 33.6 Å². The van der Waals surface area contributed by atoms with E-state index in [1.165, 1.54) is 0 Å². The fourth-order valence-corrected chi connectivity index (χ4v) is 0.772. The summed E-state index contributed by atoms with van der Waals surface area (Å²) in [7, 11) is 0. The topological polar surface area (TPSA) is 49.3 Å². The number of hydrogen-bond acceptors (Lipinski definition) is 2. The third-order valence-electron chi connectivity index (χ3n) is 1.54. The van der Waals surface area contributed by atoms with Gasteiger partial charge in [0.15, 0.2) is 0 Å². The van der Waals surface area contributed by atoms with Crippen LogP contribution >= 0.6 is 0 Å². The highest BCUT2D eigenvalue weighted by Gasteiger charge is 2.12. The lowest BCUT2D eigenvalue weighted by Crippen LogP contribution is -2.27. The molecule has 0 atom stereocenters. The summed E-state index contributed by atoms with van der Waals surface area (Å²) in [4.78, 5) is 11.0.